The van der Waals surface area contributed by atoms with Crippen molar-refractivity contribution in [1.29, 1.82) is 0 Å². The maximum Gasteiger partial charge on any atom is 0.0487 e. The van der Waals surface area contributed by atoms with Gasteiger partial charge in [0.1, 0.15) is 0 Å². The summed E-state index contributed by atoms with van der Waals surface area (Å²) in [5.74, 6) is 0.536. The highest BCUT2D eigenvalue weighted by atomic mass is 79.9. The summed E-state index contributed by atoms with van der Waals surface area (Å²) < 4.78 is 10.6. The van der Waals surface area contributed by atoms with E-state index in [0.717, 1.165) is 38.0 Å². The molecule has 0 heterocycles. The van der Waals surface area contributed by atoms with Crippen LogP contribution in [0.5, 0.6) is 0 Å². The van der Waals surface area contributed by atoms with Crippen LogP contribution in [0, 0.1) is 6.92 Å². The van der Waals surface area contributed by atoms with Gasteiger partial charge < -0.3 is 9.47 Å². The maximum absolute atomic E-state index is 5.63. The van der Waals surface area contributed by atoms with Crippen molar-refractivity contribution in [1.82, 2.24) is 0 Å². The van der Waals surface area contributed by atoms with Crippen LogP contribution in [-0.4, -0.2) is 32.3 Å². The summed E-state index contributed by atoms with van der Waals surface area (Å²) in [5, 5.41) is 0.985. The second kappa shape index (κ2) is 9.54. The summed E-state index contributed by atoms with van der Waals surface area (Å²) in [5.41, 5.74) is 2.79. The maximum atomic E-state index is 5.63. The minimum absolute atomic E-state index is 0.536. The SMILES string of the molecule is COCCCOCCC(CBr)c1ccccc1C. The highest BCUT2D eigenvalue weighted by molar-refractivity contribution is 9.09. The Hall–Kier alpha value is -0.380. The van der Waals surface area contributed by atoms with Crippen molar-refractivity contribution >= 4 is 15.9 Å². The van der Waals surface area contributed by atoms with Gasteiger partial charge in [0.15, 0.2) is 0 Å². The van der Waals surface area contributed by atoms with Crippen molar-refractivity contribution in [3.63, 3.8) is 0 Å². The third-order valence-electron chi connectivity index (χ3n) is 3.06. The van der Waals surface area contributed by atoms with E-state index in [9.17, 15) is 0 Å². The van der Waals surface area contributed by atoms with E-state index in [1.165, 1.54) is 11.1 Å². The van der Waals surface area contributed by atoms with Crippen molar-refractivity contribution in [2.75, 3.05) is 32.3 Å². The molecule has 0 fully saturated rings. The Morgan fingerprint density at radius 2 is 1.94 bits per heavy atom. The fourth-order valence-electron chi connectivity index (χ4n) is 1.99. The molecular formula is C15H23BrO2. The monoisotopic (exact) mass is 314 g/mol. The van der Waals surface area contributed by atoms with E-state index in [0.29, 0.717) is 5.92 Å². The van der Waals surface area contributed by atoms with Gasteiger partial charge in [0, 0.05) is 32.3 Å². The second-order valence-electron chi connectivity index (χ2n) is 4.46. The number of hydrogen-bond acceptors (Lipinski definition) is 2. The van der Waals surface area contributed by atoms with Gasteiger partial charge in [-0.3, -0.25) is 0 Å². The summed E-state index contributed by atoms with van der Waals surface area (Å²) in [7, 11) is 1.72. The van der Waals surface area contributed by atoms with E-state index in [-0.39, 0.29) is 0 Å². The zero-order valence-electron chi connectivity index (χ0n) is 11.3. The molecule has 0 saturated carbocycles. The standard InChI is InChI=1S/C15H23BrO2/c1-13-6-3-4-7-15(13)14(12-16)8-11-18-10-5-9-17-2/h3-4,6-7,14H,5,8-12H2,1-2H3. The Balaban J connectivity index is 2.32. The van der Waals surface area contributed by atoms with Crippen molar-refractivity contribution < 1.29 is 9.47 Å². The lowest BCUT2D eigenvalue weighted by Crippen LogP contribution is -2.08. The third-order valence-corrected chi connectivity index (χ3v) is 3.84. The van der Waals surface area contributed by atoms with Crippen molar-refractivity contribution in [3.05, 3.63) is 35.4 Å². The predicted octanol–water partition coefficient (Wildman–Crippen LogP) is 3.92. The minimum Gasteiger partial charge on any atom is -0.385 e. The first-order chi connectivity index (χ1) is 8.79. The topological polar surface area (TPSA) is 18.5 Å². The molecule has 1 aromatic carbocycles. The zero-order chi connectivity index (χ0) is 13.2. The van der Waals surface area contributed by atoms with Crippen LogP contribution < -0.4 is 0 Å². The van der Waals surface area contributed by atoms with Gasteiger partial charge in [-0.05, 0) is 36.8 Å². The smallest absolute Gasteiger partial charge is 0.0487 e. The molecule has 102 valence electrons. The minimum atomic E-state index is 0.536. The molecule has 1 aromatic rings. The van der Waals surface area contributed by atoms with Gasteiger partial charge in [-0.25, -0.2) is 0 Å². The van der Waals surface area contributed by atoms with E-state index in [1.54, 1.807) is 7.11 Å². The lowest BCUT2D eigenvalue weighted by atomic mass is 9.94. The first-order valence-electron chi connectivity index (χ1n) is 6.47. The van der Waals surface area contributed by atoms with Crippen LogP contribution in [0.1, 0.15) is 29.9 Å². The summed E-state index contributed by atoms with van der Waals surface area (Å²) >= 11 is 3.61. The number of hydrogen-bond donors (Lipinski definition) is 0. The van der Waals surface area contributed by atoms with Crippen LogP contribution in [-0.2, 0) is 9.47 Å². The number of ether oxygens (including phenoxy) is 2. The molecule has 0 N–H and O–H groups in total. The molecule has 1 atom stereocenters. The quantitative estimate of drug-likeness (QED) is 0.508. The number of benzene rings is 1. The zero-order valence-corrected chi connectivity index (χ0v) is 12.9. The van der Waals surface area contributed by atoms with Crippen molar-refractivity contribution in [2.45, 2.75) is 25.7 Å². The lowest BCUT2D eigenvalue weighted by Gasteiger charge is -2.17. The van der Waals surface area contributed by atoms with Crippen molar-refractivity contribution in [3.8, 4) is 0 Å². The molecular weight excluding hydrogens is 292 g/mol. The summed E-state index contributed by atoms with van der Waals surface area (Å²) in [6.07, 6.45) is 2.03. The Bertz CT molecular complexity index is 328. The molecule has 2 nitrogen and oxygen atoms in total. The van der Waals surface area contributed by atoms with Crippen LogP contribution >= 0.6 is 15.9 Å². The Labute approximate surface area is 119 Å². The average molecular weight is 315 g/mol. The molecule has 0 spiro atoms. The van der Waals surface area contributed by atoms with E-state index in [2.05, 4.69) is 47.1 Å². The van der Waals surface area contributed by atoms with Gasteiger partial charge >= 0.3 is 0 Å². The van der Waals surface area contributed by atoms with E-state index < -0.39 is 0 Å². The van der Waals surface area contributed by atoms with Gasteiger partial charge in [-0.15, -0.1) is 0 Å². The molecule has 0 bridgehead atoms. The highest BCUT2D eigenvalue weighted by Gasteiger charge is 2.11. The third kappa shape index (κ3) is 5.51. The van der Waals surface area contributed by atoms with E-state index in [4.69, 9.17) is 9.47 Å². The van der Waals surface area contributed by atoms with Gasteiger partial charge in [-0.2, -0.15) is 0 Å². The molecule has 0 aliphatic rings. The van der Waals surface area contributed by atoms with Crippen LogP contribution in [0.4, 0.5) is 0 Å². The molecule has 0 amide bonds. The van der Waals surface area contributed by atoms with E-state index >= 15 is 0 Å². The first kappa shape index (κ1) is 15.7. The molecule has 0 aromatic heterocycles. The number of aryl methyl sites for hydroxylation is 1. The predicted molar refractivity (Wildman–Crippen MR) is 79.6 cm³/mol. The normalized spacial score (nSPS) is 12.6. The molecule has 0 radical (unpaired) electrons. The van der Waals surface area contributed by atoms with Crippen LogP contribution in [0.3, 0.4) is 0 Å². The van der Waals surface area contributed by atoms with Crippen LogP contribution in [0.2, 0.25) is 0 Å². The molecule has 0 aliphatic carbocycles. The van der Waals surface area contributed by atoms with Gasteiger partial charge in [-0.1, -0.05) is 40.2 Å². The van der Waals surface area contributed by atoms with Gasteiger partial charge in [0.05, 0.1) is 0 Å². The molecule has 1 rings (SSSR count). The fourth-order valence-corrected chi connectivity index (χ4v) is 2.67. The van der Waals surface area contributed by atoms with Gasteiger partial charge in [0.25, 0.3) is 0 Å². The fraction of sp³-hybridized carbons (Fsp3) is 0.600. The van der Waals surface area contributed by atoms with Gasteiger partial charge in [0.2, 0.25) is 0 Å². The largest absolute Gasteiger partial charge is 0.385 e. The molecule has 1 unspecified atom stereocenters. The Kier molecular flexibility index (Phi) is 8.31. The highest BCUT2D eigenvalue weighted by Crippen LogP contribution is 2.24. The molecule has 0 aliphatic heterocycles. The molecule has 3 heteroatoms. The molecule has 0 saturated heterocycles. The summed E-state index contributed by atoms with van der Waals surface area (Å²) in [6, 6.07) is 8.58. The second-order valence-corrected chi connectivity index (χ2v) is 5.10. The Morgan fingerprint density at radius 3 is 2.61 bits per heavy atom. The van der Waals surface area contributed by atoms with Crippen molar-refractivity contribution in [2.24, 2.45) is 0 Å². The average Bonchev–Trinajstić information content (AvgIpc) is 2.39. The number of alkyl halides is 1. The Morgan fingerprint density at radius 1 is 1.17 bits per heavy atom. The first-order valence-corrected chi connectivity index (χ1v) is 7.60. The summed E-state index contributed by atoms with van der Waals surface area (Å²) in [4.78, 5) is 0. The van der Waals surface area contributed by atoms with Crippen LogP contribution in [0.15, 0.2) is 24.3 Å². The number of rotatable bonds is 9. The summed E-state index contributed by atoms with van der Waals surface area (Å²) in [6.45, 7) is 4.55. The number of methoxy groups -OCH3 is 1. The lowest BCUT2D eigenvalue weighted by molar-refractivity contribution is 0.0990. The molecule has 18 heavy (non-hydrogen) atoms. The number of halogens is 1. The van der Waals surface area contributed by atoms with E-state index in [1.807, 2.05) is 0 Å². The van der Waals surface area contributed by atoms with Crippen LogP contribution in [0.25, 0.3) is 0 Å².